The average Bonchev–Trinajstić information content (AvgIpc) is 3.02. The summed E-state index contributed by atoms with van der Waals surface area (Å²) >= 11 is 1.21. The minimum Gasteiger partial charge on any atom is -0.384 e. The first kappa shape index (κ1) is 13.3. The molecule has 0 aromatic carbocycles. The largest absolute Gasteiger partial charge is 0.384 e. The first-order valence-electron chi connectivity index (χ1n) is 6.65. The maximum Gasteiger partial charge on any atom is 0.239 e. The molecule has 1 saturated heterocycles. The molecule has 2 heterocycles. The van der Waals surface area contributed by atoms with Crippen molar-refractivity contribution in [2.75, 3.05) is 11.5 Å². The van der Waals surface area contributed by atoms with E-state index in [1.54, 1.807) is 0 Å². The summed E-state index contributed by atoms with van der Waals surface area (Å²) in [7, 11) is 0. The lowest BCUT2D eigenvalue weighted by atomic mass is 9.81. The molecule has 0 radical (unpaired) electrons. The third-order valence-corrected chi connectivity index (χ3v) is 4.71. The van der Waals surface area contributed by atoms with E-state index >= 15 is 0 Å². The number of aliphatic hydroxyl groups excluding tert-OH is 1. The van der Waals surface area contributed by atoms with Gasteiger partial charge in [0.25, 0.3) is 0 Å². The van der Waals surface area contributed by atoms with E-state index in [0.717, 1.165) is 25.7 Å². The molecule has 1 N–H and O–H groups in total. The van der Waals surface area contributed by atoms with Gasteiger partial charge in [-0.05, 0) is 12.8 Å². The van der Waals surface area contributed by atoms with Crippen molar-refractivity contribution in [1.82, 2.24) is 4.98 Å². The van der Waals surface area contributed by atoms with Crippen LogP contribution in [0.15, 0.2) is 6.20 Å². The Labute approximate surface area is 120 Å². The Bertz CT molecular complexity index is 589. The lowest BCUT2D eigenvalue weighted by Crippen LogP contribution is -2.30. The van der Waals surface area contributed by atoms with Crippen LogP contribution in [0.4, 0.5) is 5.13 Å². The quantitative estimate of drug-likeness (QED) is 0.622. The van der Waals surface area contributed by atoms with Gasteiger partial charge in [0.15, 0.2) is 5.13 Å². The third kappa shape index (κ3) is 2.13. The first-order valence-corrected chi connectivity index (χ1v) is 7.47. The van der Waals surface area contributed by atoms with Crippen molar-refractivity contribution in [3.63, 3.8) is 0 Å². The summed E-state index contributed by atoms with van der Waals surface area (Å²) in [5, 5.41) is 9.06. The summed E-state index contributed by atoms with van der Waals surface area (Å²) in [4.78, 5) is 30.7. The van der Waals surface area contributed by atoms with Crippen molar-refractivity contribution in [2.45, 2.75) is 25.7 Å². The van der Waals surface area contributed by atoms with Crippen LogP contribution < -0.4 is 4.90 Å². The number of thiazole rings is 1. The van der Waals surface area contributed by atoms with Gasteiger partial charge in [-0.3, -0.25) is 9.59 Å². The molecule has 2 atom stereocenters. The van der Waals surface area contributed by atoms with E-state index in [4.69, 9.17) is 5.11 Å². The maximum atomic E-state index is 12.4. The summed E-state index contributed by atoms with van der Waals surface area (Å²) in [6, 6.07) is 0. The van der Waals surface area contributed by atoms with E-state index in [1.807, 2.05) is 0 Å². The SMILES string of the molecule is O=C1C2CCCCC2C(=O)N1c1ncc(C#CCO)s1. The van der Waals surface area contributed by atoms with Gasteiger partial charge in [0.2, 0.25) is 11.8 Å². The topological polar surface area (TPSA) is 70.5 Å². The number of fused-ring (bicyclic) bond motifs is 1. The number of nitrogens with zero attached hydrogens (tertiary/aromatic N) is 2. The zero-order valence-electron chi connectivity index (χ0n) is 10.8. The number of carbonyl (C=O) groups is 2. The molecule has 2 aliphatic rings. The smallest absolute Gasteiger partial charge is 0.239 e. The van der Waals surface area contributed by atoms with E-state index in [1.165, 1.54) is 22.4 Å². The second-order valence-corrected chi connectivity index (χ2v) is 5.99. The van der Waals surface area contributed by atoms with Gasteiger partial charge >= 0.3 is 0 Å². The third-order valence-electron chi connectivity index (χ3n) is 3.82. The molecule has 2 unspecified atom stereocenters. The van der Waals surface area contributed by atoms with Gasteiger partial charge in [-0.1, -0.05) is 36.0 Å². The second kappa shape index (κ2) is 5.35. The molecule has 1 saturated carbocycles. The predicted octanol–water partition coefficient (Wildman–Crippen LogP) is 1.17. The molecule has 2 fully saturated rings. The highest BCUT2D eigenvalue weighted by atomic mass is 32.1. The van der Waals surface area contributed by atoms with Crippen LogP contribution in [0.5, 0.6) is 0 Å². The molecule has 0 spiro atoms. The molecule has 1 aromatic rings. The van der Waals surface area contributed by atoms with Crippen LogP contribution >= 0.6 is 11.3 Å². The average molecular weight is 290 g/mol. The highest BCUT2D eigenvalue weighted by molar-refractivity contribution is 7.16. The van der Waals surface area contributed by atoms with Gasteiger partial charge in [-0.15, -0.1) is 0 Å². The van der Waals surface area contributed by atoms with E-state index < -0.39 is 0 Å². The fraction of sp³-hybridized carbons (Fsp3) is 0.500. The van der Waals surface area contributed by atoms with Gasteiger partial charge in [-0.2, -0.15) is 0 Å². The van der Waals surface area contributed by atoms with Crippen LogP contribution in [0, 0.1) is 23.7 Å². The predicted molar refractivity (Wildman–Crippen MR) is 74.0 cm³/mol. The fourth-order valence-electron chi connectivity index (χ4n) is 2.90. The number of imide groups is 1. The van der Waals surface area contributed by atoms with Crippen LogP contribution in [-0.2, 0) is 9.59 Å². The Hall–Kier alpha value is -1.71. The van der Waals surface area contributed by atoms with Gasteiger partial charge in [-0.25, -0.2) is 9.88 Å². The molecular weight excluding hydrogens is 276 g/mol. The zero-order valence-corrected chi connectivity index (χ0v) is 11.7. The summed E-state index contributed by atoms with van der Waals surface area (Å²) in [6.45, 7) is -0.223. The van der Waals surface area contributed by atoms with E-state index in [0.29, 0.717) is 10.0 Å². The van der Waals surface area contributed by atoms with Gasteiger partial charge in [0, 0.05) is 0 Å². The maximum absolute atomic E-state index is 12.4. The van der Waals surface area contributed by atoms with Crippen molar-refractivity contribution < 1.29 is 14.7 Å². The number of rotatable bonds is 1. The van der Waals surface area contributed by atoms with E-state index in [2.05, 4.69) is 16.8 Å². The molecule has 3 rings (SSSR count). The van der Waals surface area contributed by atoms with Gasteiger partial charge in [0.05, 0.1) is 22.9 Å². The van der Waals surface area contributed by atoms with Crippen molar-refractivity contribution in [3.8, 4) is 11.8 Å². The molecule has 6 heteroatoms. The number of aromatic nitrogens is 1. The van der Waals surface area contributed by atoms with Crippen molar-refractivity contribution in [3.05, 3.63) is 11.1 Å². The number of anilines is 1. The molecule has 2 amide bonds. The molecule has 104 valence electrons. The Kier molecular flexibility index (Phi) is 3.55. The van der Waals surface area contributed by atoms with E-state index in [-0.39, 0.29) is 30.3 Å². The van der Waals surface area contributed by atoms with Crippen molar-refractivity contribution >= 4 is 28.3 Å². The summed E-state index contributed by atoms with van der Waals surface area (Å²) in [6.07, 6.45) is 5.16. The molecule has 1 aromatic heterocycles. The Morgan fingerprint density at radius 1 is 1.30 bits per heavy atom. The van der Waals surface area contributed by atoms with Crippen LogP contribution in [0.1, 0.15) is 30.6 Å². The molecular formula is C14H14N2O3S. The standard InChI is InChI=1S/C14H14N2O3S/c17-7-3-4-9-8-15-14(20-9)16-12(18)10-5-1-2-6-11(10)13(16)19/h8,10-11,17H,1-2,5-7H2. The van der Waals surface area contributed by atoms with E-state index in [9.17, 15) is 9.59 Å². The molecule has 20 heavy (non-hydrogen) atoms. The highest BCUT2D eigenvalue weighted by Gasteiger charge is 2.49. The van der Waals surface area contributed by atoms with Crippen LogP contribution in [0.25, 0.3) is 0 Å². The lowest BCUT2D eigenvalue weighted by Gasteiger charge is -2.19. The fourth-order valence-corrected chi connectivity index (χ4v) is 3.71. The number of amides is 2. The van der Waals surface area contributed by atoms with Crippen molar-refractivity contribution in [1.29, 1.82) is 0 Å². The van der Waals surface area contributed by atoms with Gasteiger partial charge in [0.1, 0.15) is 6.61 Å². The molecule has 5 nitrogen and oxygen atoms in total. The van der Waals surface area contributed by atoms with Crippen molar-refractivity contribution in [2.24, 2.45) is 11.8 Å². The highest BCUT2D eigenvalue weighted by Crippen LogP contribution is 2.40. The van der Waals surface area contributed by atoms with Crippen LogP contribution in [0.3, 0.4) is 0 Å². The zero-order chi connectivity index (χ0) is 14.1. The molecule has 1 aliphatic heterocycles. The normalized spacial score (nSPS) is 25.4. The Morgan fingerprint density at radius 2 is 1.95 bits per heavy atom. The van der Waals surface area contributed by atoms with Crippen LogP contribution in [-0.4, -0.2) is 28.5 Å². The lowest BCUT2D eigenvalue weighted by molar-refractivity contribution is -0.122. The second-order valence-electron chi connectivity index (χ2n) is 4.98. The summed E-state index contributed by atoms with van der Waals surface area (Å²) in [5.41, 5.74) is 0. The number of aliphatic hydroxyl groups is 1. The first-order chi connectivity index (χ1) is 9.72. The summed E-state index contributed by atoms with van der Waals surface area (Å²) in [5.74, 6) is 4.72. The minimum absolute atomic E-state index is 0.115. The summed E-state index contributed by atoms with van der Waals surface area (Å²) < 4.78 is 0. The Balaban J connectivity index is 1.88. The number of carbonyl (C=O) groups excluding carboxylic acids is 2. The number of hydrogen-bond acceptors (Lipinski definition) is 5. The minimum atomic E-state index is -0.223. The monoisotopic (exact) mass is 290 g/mol. The number of hydrogen-bond donors (Lipinski definition) is 1. The Morgan fingerprint density at radius 3 is 2.55 bits per heavy atom. The molecule has 1 aliphatic carbocycles. The molecule has 0 bridgehead atoms. The van der Waals surface area contributed by atoms with Gasteiger partial charge < -0.3 is 5.11 Å². The van der Waals surface area contributed by atoms with Crippen LogP contribution in [0.2, 0.25) is 0 Å².